The second-order valence-corrected chi connectivity index (χ2v) is 6.65. The highest BCUT2D eigenvalue weighted by atomic mass is 35.5. The minimum atomic E-state index is 0.480. The Kier molecular flexibility index (Phi) is 3.57. The molecule has 4 heteroatoms. The lowest BCUT2D eigenvalue weighted by Gasteiger charge is -2.13. The van der Waals surface area contributed by atoms with E-state index in [4.69, 9.17) is 16.6 Å². The quantitative estimate of drug-likeness (QED) is 0.746. The molecule has 1 aliphatic carbocycles. The molecule has 1 aliphatic heterocycles. The van der Waals surface area contributed by atoms with Gasteiger partial charge >= 0.3 is 0 Å². The molecule has 1 aromatic heterocycles. The summed E-state index contributed by atoms with van der Waals surface area (Å²) in [5.41, 5.74) is 1.19. The van der Waals surface area contributed by atoms with Crippen LogP contribution in [0.25, 0.3) is 0 Å². The Morgan fingerprint density at radius 3 is 2.65 bits per heavy atom. The summed E-state index contributed by atoms with van der Waals surface area (Å²) < 4.78 is 0. The Hall–Kier alpha value is -0.280. The van der Waals surface area contributed by atoms with E-state index in [0.717, 1.165) is 5.82 Å². The molecule has 0 radical (unpaired) electrons. The molecule has 0 bridgehead atoms. The summed E-state index contributed by atoms with van der Waals surface area (Å²) in [6, 6.07) is 1.97. The average molecular weight is 269 g/mol. The SMILES string of the molecule is Clc1cc(C2CCCC2)nc(C2CCCS2)n1. The van der Waals surface area contributed by atoms with Crippen molar-refractivity contribution in [1.82, 2.24) is 9.97 Å². The molecule has 2 heterocycles. The van der Waals surface area contributed by atoms with E-state index >= 15 is 0 Å². The summed E-state index contributed by atoms with van der Waals surface area (Å²) in [4.78, 5) is 9.20. The van der Waals surface area contributed by atoms with Gasteiger partial charge in [-0.3, -0.25) is 0 Å². The van der Waals surface area contributed by atoms with E-state index in [2.05, 4.69) is 4.98 Å². The van der Waals surface area contributed by atoms with Crippen molar-refractivity contribution in [3.05, 3.63) is 22.7 Å². The normalized spacial score (nSPS) is 25.6. The van der Waals surface area contributed by atoms with Crippen LogP contribution in [-0.4, -0.2) is 15.7 Å². The van der Waals surface area contributed by atoms with Crippen LogP contribution in [0.1, 0.15) is 61.2 Å². The minimum Gasteiger partial charge on any atom is -0.236 e. The van der Waals surface area contributed by atoms with Gasteiger partial charge in [-0.2, -0.15) is 11.8 Å². The summed E-state index contributed by atoms with van der Waals surface area (Å²) in [5, 5.41) is 1.11. The Morgan fingerprint density at radius 2 is 1.94 bits per heavy atom. The molecule has 0 spiro atoms. The van der Waals surface area contributed by atoms with Gasteiger partial charge in [-0.05, 0) is 37.5 Å². The molecule has 92 valence electrons. The molecule has 1 atom stereocenters. The first-order chi connectivity index (χ1) is 8.33. The molecule has 3 rings (SSSR count). The summed E-state index contributed by atoms with van der Waals surface area (Å²) in [6.07, 6.45) is 7.69. The van der Waals surface area contributed by atoms with Gasteiger partial charge < -0.3 is 0 Å². The molecule has 2 aliphatic rings. The Bertz CT molecular complexity index is 364. The molecule has 0 aromatic carbocycles. The predicted molar refractivity (Wildman–Crippen MR) is 72.7 cm³/mol. The van der Waals surface area contributed by atoms with Crippen molar-refractivity contribution in [2.45, 2.75) is 49.7 Å². The zero-order valence-corrected chi connectivity index (χ0v) is 11.4. The van der Waals surface area contributed by atoms with Crippen LogP contribution in [0.15, 0.2) is 6.07 Å². The number of nitrogens with zero attached hydrogens (tertiary/aromatic N) is 2. The molecule has 0 N–H and O–H groups in total. The van der Waals surface area contributed by atoms with Gasteiger partial charge in [0.25, 0.3) is 0 Å². The molecule has 1 saturated carbocycles. The number of aromatic nitrogens is 2. The Morgan fingerprint density at radius 1 is 1.12 bits per heavy atom. The maximum atomic E-state index is 6.15. The van der Waals surface area contributed by atoms with Crippen molar-refractivity contribution in [2.75, 3.05) is 5.75 Å². The van der Waals surface area contributed by atoms with Gasteiger partial charge in [0.15, 0.2) is 0 Å². The molecular formula is C13H17ClN2S. The fourth-order valence-electron chi connectivity index (χ4n) is 2.81. The minimum absolute atomic E-state index is 0.480. The van der Waals surface area contributed by atoms with Crippen LogP contribution in [0.3, 0.4) is 0 Å². The lowest BCUT2D eigenvalue weighted by atomic mass is 10.0. The average Bonchev–Trinajstić information content (AvgIpc) is 3.02. The molecular weight excluding hydrogens is 252 g/mol. The maximum absolute atomic E-state index is 6.15. The van der Waals surface area contributed by atoms with Crippen molar-refractivity contribution >= 4 is 23.4 Å². The fourth-order valence-corrected chi connectivity index (χ4v) is 4.21. The third-order valence-electron chi connectivity index (χ3n) is 3.72. The third-order valence-corrected chi connectivity index (χ3v) is 5.29. The van der Waals surface area contributed by atoms with Crippen molar-refractivity contribution in [1.29, 1.82) is 0 Å². The van der Waals surface area contributed by atoms with E-state index in [-0.39, 0.29) is 0 Å². The van der Waals surface area contributed by atoms with Crippen molar-refractivity contribution in [3.63, 3.8) is 0 Å². The van der Waals surface area contributed by atoms with Crippen molar-refractivity contribution < 1.29 is 0 Å². The topological polar surface area (TPSA) is 25.8 Å². The number of thioether (sulfide) groups is 1. The van der Waals surface area contributed by atoms with Gasteiger partial charge in [0.05, 0.1) is 5.25 Å². The van der Waals surface area contributed by atoms with Crippen LogP contribution < -0.4 is 0 Å². The van der Waals surface area contributed by atoms with Gasteiger partial charge in [0.2, 0.25) is 0 Å². The molecule has 0 amide bonds. The smallest absolute Gasteiger partial charge is 0.143 e. The summed E-state index contributed by atoms with van der Waals surface area (Å²) >= 11 is 8.12. The lowest BCUT2D eigenvalue weighted by Crippen LogP contribution is -2.04. The fraction of sp³-hybridized carbons (Fsp3) is 0.692. The molecule has 17 heavy (non-hydrogen) atoms. The lowest BCUT2D eigenvalue weighted by molar-refractivity contribution is 0.675. The number of hydrogen-bond acceptors (Lipinski definition) is 3. The van der Waals surface area contributed by atoms with Gasteiger partial charge in [-0.25, -0.2) is 9.97 Å². The van der Waals surface area contributed by atoms with Crippen molar-refractivity contribution in [2.24, 2.45) is 0 Å². The molecule has 2 fully saturated rings. The van der Waals surface area contributed by atoms with E-state index in [0.29, 0.717) is 16.3 Å². The molecule has 1 aromatic rings. The predicted octanol–water partition coefficient (Wildman–Crippen LogP) is 4.36. The van der Waals surface area contributed by atoms with Crippen molar-refractivity contribution in [3.8, 4) is 0 Å². The summed E-state index contributed by atoms with van der Waals surface area (Å²) in [5.74, 6) is 2.84. The van der Waals surface area contributed by atoms with Crippen LogP contribution in [0.2, 0.25) is 5.15 Å². The summed E-state index contributed by atoms with van der Waals surface area (Å²) in [6.45, 7) is 0. The van der Waals surface area contributed by atoms with Crippen LogP contribution in [0, 0.1) is 0 Å². The first kappa shape index (κ1) is 11.8. The van der Waals surface area contributed by atoms with E-state index < -0.39 is 0 Å². The monoisotopic (exact) mass is 268 g/mol. The standard InChI is InChI=1S/C13H17ClN2S/c14-12-8-10(9-4-1-2-5-9)15-13(16-12)11-6-3-7-17-11/h8-9,11H,1-7H2. The zero-order valence-electron chi connectivity index (χ0n) is 9.86. The molecule has 2 nitrogen and oxygen atoms in total. The van der Waals surface area contributed by atoms with E-state index in [1.807, 2.05) is 17.8 Å². The highest BCUT2D eigenvalue weighted by Gasteiger charge is 2.24. The Labute approximate surface area is 112 Å². The van der Waals surface area contributed by atoms with Gasteiger partial charge in [-0.15, -0.1) is 0 Å². The third kappa shape index (κ3) is 2.60. The molecule has 1 unspecified atom stereocenters. The zero-order chi connectivity index (χ0) is 11.7. The van der Waals surface area contributed by atoms with Gasteiger partial charge in [0, 0.05) is 11.6 Å². The van der Waals surface area contributed by atoms with Crippen LogP contribution in [0.4, 0.5) is 0 Å². The van der Waals surface area contributed by atoms with Crippen LogP contribution in [-0.2, 0) is 0 Å². The second kappa shape index (κ2) is 5.15. The summed E-state index contributed by atoms with van der Waals surface area (Å²) in [7, 11) is 0. The number of halogens is 1. The number of hydrogen-bond donors (Lipinski definition) is 0. The van der Waals surface area contributed by atoms with E-state index in [9.17, 15) is 0 Å². The Balaban J connectivity index is 1.88. The largest absolute Gasteiger partial charge is 0.236 e. The van der Waals surface area contributed by atoms with Crippen LogP contribution >= 0.6 is 23.4 Å². The van der Waals surface area contributed by atoms with Crippen LogP contribution in [0.5, 0.6) is 0 Å². The van der Waals surface area contributed by atoms with E-state index in [1.54, 1.807) is 0 Å². The van der Waals surface area contributed by atoms with E-state index in [1.165, 1.54) is 50.0 Å². The molecule has 1 saturated heterocycles. The highest BCUT2D eigenvalue weighted by molar-refractivity contribution is 7.99. The van der Waals surface area contributed by atoms with Gasteiger partial charge in [0.1, 0.15) is 11.0 Å². The second-order valence-electron chi connectivity index (χ2n) is 4.96. The first-order valence-corrected chi connectivity index (χ1v) is 7.91. The van der Waals surface area contributed by atoms with Gasteiger partial charge in [-0.1, -0.05) is 24.4 Å². The maximum Gasteiger partial charge on any atom is 0.143 e. The first-order valence-electron chi connectivity index (χ1n) is 6.49. The number of rotatable bonds is 2. The highest BCUT2D eigenvalue weighted by Crippen LogP contribution is 2.40.